The molecule has 0 aromatic heterocycles. The van der Waals surface area contributed by atoms with Gasteiger partial charge in [-0.15, -0.1) is 11.5 Å². The Morgan fingerprint density at radius 1 is 0.960 bits per heavy atom. The largest absolute Gasteiger partial charge is 0.497 e. The van der Waals surface area contributed by atoms with Gasteiger partial charge in [0.25, 0.3) is 0 Å². The van der Waals surface area contributed by atoms with Crippen molar-refractivity contribution in [3.63, 3.8) is 0 Å². The SMILES string of the molecule is COc1ccc(C(=O)C[C@H](C)C#C[Si](C(C)C)(C(C)C)C(C)C)cc1. The van der Waals surface area contributed by atoms with Crippen molar-refractivity contribution in [2.75, 3.05) is 7.11 Å². The third-order valence-corrected chi connectivity index (χ3v) is 11.6. The lowest BCUT2D eigenvalue weighted by Gasteiger charge is -2.38. The minimum Gasteiger partial charge on any atom is -0.497 e. The smallest absolute Gasteiger partial charge is 0.164 e. The third-order valence-electron chi connectivity index (χ3n) is 5.30. The van der Waals surface area contributed by atoms with Gasteiger partial charge < -0.3 is 4.74 Å². The normalized spacial score (nSPS) is 12.9. The van der Waals surface area contributed by atoms with Crippen LogP contribution in [0.25, 0.3) is 0 Å². The number of methoxy groups -OCH3 is 1. The molecule has 0 radical (unpaired) electrons. The maximum absolute atomic E-state index is 12.5. The lowest BCUT2D eigenvalue weighted by atomic mass is 10.0. The van der Waals surface area contributed by atoms with E-state index in [2.05, 4.69) is 59.9 Å². The monoisotopic (exact) mass is 358 g/mol. The highest BCUT2D eigenvalue weighted by molar-refractivity contribution is 6.90. The molecule has 2 nitrogen and oxygen atoms in total. The fourth-order valence-corrected chi connectivity index (χ4v) is 9.27. The second kappa shape index (κ2) is 9.24. The van der Waals surface area contributed by atoms with E-state index in [0.29, 0.717) is 23.0 Å². The van der Waals surface area contributed by atoms with E-state index >= 15 is 0 Å². The Morgan fingerprint density at radius 2 is 1.44 bits per heavy atom. The molecule has 0 amide bonds. The molecule has 3 heteroatoms. The second-order valence-corrected chi connectivity index (χ2v) is 13.5. The summed E-state index contributed by atoms with van der Waals surface area (Å²) >= 11 is 0. The Kier molecular flexibility index (Phi) is 7.95. The first kappa shape index (κ1) is 21.5. The summed E-state index contributed by atoms with van der Waals surface area (Å²) in [5.41, 5.74) is 6.30. The lowest BCUT2D eigenvalue weighted by Crippen LogP contribution is -2.43. The van der Waals surface area contributed by atoms with Crippen LogP contribution < -0.4 is 4.74 Å². The van der Waals surface area contributed by atoms with Gasteiger partial charge in [0.05, 0.1) is 7.11 Å². The Hall–Kier alpha value is -1.53. The van der Waals surface area contributed by atoms with Crippen LogP contribution in [0.5, 0.6) is 5.75 Å². The van der Waals surface area contributed by atoms with Crippen molar-refractivity contribution in [2.24, 2.45) is 5.92 Å². The van der Waals surface area contributed by atoms with Gasteiger partial charge in [-0.3, -0.25) is 4.79 Å². The fourth-order valence-electron chi connectivity index (χ4n) is 3.91. The highest BCUT2D eigenvalue weighted by Crippen LogP contribution is 2.40. The summed E-state index contributed by atoms with van der Waals surface area (Å²) < 4.78 is 5.14. The number of carbonyl (C=O) groups is 1. The molecule has 1 atom stereocenters. The average Bonchev–Trinajstić information content (AvgIpc) is 2.54. The van der Waals surface area contributed by atoms with Gasteiger partial charge in [0, 0.05) is 17.9 Å². The van der Waals surface area contributed by atoms with Crippen molar-refractivity contribution in [2.45, 2.75) is 71.5 Å². The number of carbonyl (C=O) groups excluding carboxylic acids is 1. The molecule has 0 bridgehead atoms. The zero-order valence-corrected chi connectivity index (χ0v) is 18.1. The molecule has 25 heavy (non-hydrogen) atoms. The first-order chi connectivity index (χ1) is 11.6. The summed E-state index contributed by atoms with van der Waals surface area (Å²) in [5.74, 6) is 4.46. The van der Waals surface area contributed by atoms with Gasteiger partial charge in [0.2, 0.25) is 0 Å². The predicted molar refractivity (Wildman–Crippen MR) is 110 cm³/mol. The molecule has 0 saturated heterocycles. The Bertz CT molecular complexity index is 596. The van der Waals surface area contributed by atoms with Gasteiger partial charge in [0.1, 0.15) is 13.8 Å². The van der Waals surface area contributed by atoms with E-state index in [4.69, 9.17) is 4.74 Å². The van der Waals surface area contributed by atoms with Gasteiger partial charge in [-0.2, -0.15) is 0 Å². The van der Waals surface area contributed by atoms with Gasteiger partial charge in [-0.25, -0.2) is 0 Å². The summed E-state index contributed by atoms with van der Waals surface area (Å²) in [7, 11) is -0.0942. The molecule has 1 aromatic carbocycles. The van der Waals surface area contributed by atoms with Crippen molar-refractivity contribution in [3.05, 3.63) is 29.8 Å². The minimum atomic E-state index is -1.72. The van der Waals surface area contributed by atoms with E-state index in [1.165, 1.54) is 0 Å². The van der Waals surface area contributed by atoms with Gasteiger partial charge >= 0.3 is 0 Å². The molecule has 0 heterocycles. The van der Waals surface area contributed by atoms with Gasteiger partial charge in [-0.1, -0.05) is 48.5 Å². The topological polar surface area (TPSA) is 26.3 Å². The summed E-state index contributed by atoms with van der Waals surface area (Å²) in [4.78, 5) is 12.5. The number of hydrogen-bond donors (Lipinski definition) is 0. The number of ketones is 1. The Balaban J connectivity index is 2.92. The number of hydrogen-bond acceptors (Lipinski definition) is 2. The summed E-state index contributed by atoms with van der Waals surface area (Å²) in [6, 6.07) is 7.32. The van der Waals surface area contributed by atoms with Crippen LogP contribution in [-0.4, -0.2) is 21.0 Å². The van der Waals surface area contributed by atoms with Crippen molar-refractivity contribution >= 4 is 13.9 Å². The molecule has 0 fully saturated rings. The number of benzene rings is 1. The van der Waals surface area contributed by atoms with Crippen LogP contribution in [0.2, 0.25) is 16.6 Å². The molecular formula is C22H34O2Si. The van der Waals surface area contributed by atoms with Crippen LogP contribution in [0.3, 0.4) is 0 Å². The number of Topliss-reactive ketones (excluding diaryl/α,β-unsaturated/α-hetero) is 1. The van der Waals surface area contributed by atoms with Crippen molar-refractivity contribution in [1.29, 1.82) is 0 Å². The van der Waals surface area contributed by atoms with Crippen LogP contribution in [0.4, 0.5) is 0 Å². The molecule has 0 aliphatic rings. The highest BCUT2D eigenvalue weighted by atomic mass is 28.3. The second-order valence-electron chi connectivity index (χ2n) is 7.92. The summed E-state index contributed by atoms with van der Waals surface area (Å²) in [6.07, 6.45) is 0.470. The zero-order valence-electron chi connectivity index (χ0n) is 17.1. The first-order valence-corrected chi connectivity index (χ1v) is 11.6. The van der Waals surface area contributed by atoms with E-state index in [0.717, 1.165) is 11.3 Å². The van der Waals surface area contributed by atoms with Crippen LogP contribution in [-0.2, 0) is 0 Å². The molecule has 0 aliphatic carbocycles. The lowest BCUT2D eigenvalue weighted by molar-refractivity contribution is 0.0973. The average molecular weight is 359 g/mol. The maximum Gasteiger partial charge on any atom is 0.164 e. The van der Waals surface area contributed by atoms with Crippen LogP contribution in [0.15, 0.2) is 24.3 Å². The van der Waals surface area contributed by atoms with E-state index < -0.39 is 8.07 Å². The molecule has 1 aromatic rings. The molecule has 0 unspecified atom stereocenters. The van der Waals surface area contributed by atoms with E-state index in [1.807, 2.05) is 24.3 Å². The number of ether oxygens (including phenoxy) is 1. The molecule has 0 spiro atoms. The fraction of sp³-hybridized carbons (Fsp3) is 0.591. The van der Waals surface area contributed by atoms with Crippen LogP contribution >= 0.6 is 0 Å². The molecule has 0 saturated carbocycles. The Morgan fingerprint density at radius 3 is 1.84 bits per heavy atom. The van der Waals surface area contributed by atoms with E-state index in [9.17, 15) is 4.79 Å². The standard InChI is InChI=1S/C22H34O2Si/c1-16(2)25(17(3)4,18(5)6)14-13-19(7)15-22(23)20-9-11-21(24-8)12-10-20/h9-12,16-19H,15H2,1-8H3/t19-/m1/s1. The predicted octanol–water partition coefficient (Wildman–Crippen LogP) is 6.13. The summed E-state index contributed by atoms with van der Waals surface area (Å²) in [6.45, 7) is 15.9. The first-order valence-electron chi connectivity index (χ1n) is 9.35. The van der Waals surface area contributed by atoms with Gasteiger partial charge in [0.15, 0.2) is 5.78 Å². The Labute approximate surface area is 155 Å². The van der Waals surface area contributed by atoms with Crippen molar-refractivity contribution < 1.29 is 9.53 Å². The van der Waals surface area contributed by atoms with Crippen LogP contribution in [0.1, 0.15) is 65.2 Å². The van der Waals surface area contributed by atoms with Crippen molar-refractivity contribution in [1.82, 2.24) is 0 Å². The third kappa shape index (κ3) is 5.22. The quantitative estimate of drug-likeness (QED) is 0.333. The van der Waals surface area contributed by atoms with E-state index in [-0.39, 0.29) is 11.7 Å². The maximum atomic E-state index is 12.5. The van der Waals surface area contributed by atoms with Gasteiger partial charge in [-0.05, 0) is 40.9 Å². The van der Waals surface area contributed by atoms with E-state index in [1.54, 1.807) is 7.11 Å². The minimum absolute atomic E-state index is 0.0812. The zero-order chi connectivity index (χ0) is 19.2. The van der Waals surface area contributed by atoms with Crippen LogP contribution in [0, 0.1) is 17.4 Å². The molecule has 1 rings (SSSR count). The highest BCUT2D eigenvalue weighted by Gasteiger charge is 2.41. The molecular weight excluding hydrogens is 324 g/mol. The molecule has 138 valence electrons. The summed E-state index contributed by atoms with van der Waals surface area (Å²) in [5, 5.41) is 0. The molecule has 0 aliphatic heterocycles. The molecule has 0 N–H and O–H groups in total. The number of rotatable bonds is 7. The van der Waals surface area contributed by atoms with Crippen molar-refractivity contribution in [3.8, 4) is 17.2 Å².